The standard InChI is InChI=1S/C28H37F3O/c1-2-3-4-5-6-7-19-8-9-21-15-22(11-10-20(21)14-19)24-16-23-12-13-25(32-28(30)31)18-26(23)27(29)17-24/h12-13,16-22,28H,2-11,14-15H2,1H3/t19-,20?,21-,22?/m1/s1. The van der Waals surface area contributed by atoms with Crippen molar-refractivity contribution in [3.8, 4) is 5.75 Å². The minimum Gasteiger partial charge on any atom is -0.435 e. The van der Waals surface area contributed by atoms with E-state index in [4.69, 9.17) is 0 Å². The molecule has 0 aliphatic heterocycles. The van der Waals surface area contributed by atoms with E-state index in [-0.39, 0.29) is 11.6 Å². The molecule has 2 fully saturated rings. The second kappa shape index (κ2) is 10.9. The summed E-state index contributed by atoms with van der Waals surface area (Å²) in [6.07, 6.45) is 15.9. The van der Waals surface area contributed by atoms with Crippen molar-refractivity contribution in [2.45, 2.75) is 96.5 Å². The summed E-state index contributed by atoms with van der Waals surface area (Å²) >= 11 is 0. The molecular weight excluding hydrogens is 409 g/mol. The number of unbranched alkanes of at least 4 members (excludes halogenated alkanes) is 4. The van der Waals surface area contributed by atoms with Crippen LogP contribution in [0.2, 0.25) is 0 Å². The number of fused-ring (bicyclic) bond motifs is 2. The molecule has 176 valence electrons. The fourth-order valence-corrected chi connectivity index (χ4v) is 6.31. The van der Waals surface area contributed by atoms with Crippen LogP contribution in [0.1, 0.15) is 95.5 Å². The third-order valence-corrected chi connectivity index (χ3v) is 8.03. The average Bonchev–Trinajstić information content (AvgIpc) is 2.78. The van der Waals surface area contributed by atoms with Crippen LogP contribution in [0.25, 0.3) is 10.8 Å². The third kappa shape index (κ3) is 5.80. The molecule has 2 aromatic rings. The summed E-state index contributed by atoms with van der Waals surface area (Å²) in [6, 6.07) is 8.25. The van der Waals surface area contributed by atoms with Crippen LogP contribution in [0.4, 0.5) is 13.2 Å². The van der Waals surface area contributed by atoms with Crippen LogP contribution < -0.4 is 4.74 Å². The Bertz CT molecular complexity index is 880. The molecule has 1 nitrogen and oxygen atoms in total. The molecule has 2 aliphatic carbocycles. The highest BCUT2D eigenvalue weighted by atomic mass is 19.3. The van der Waals surface area contributed by atoms with Gasteiger partial charge in [0.25, 0.3) is 0 Å². The Morgan fingerprint density at radius 3 is 2.50 bits per heavy atom. The smallest absolute Gasteiger partial charge is 0.387 e. The zero-order chi connectivity index (χ0) is 22.5. The van der Waals surface area contributed by atoms with E-state index in [2.05, 4.69) is 17.7 Å². The van der Waals surface area contributed by atoms with Gasteiger partial charge in [0.15, 0.2) is 0 Å². The quantitative estimate of drug-likeness (QED) is 0.349. The summed E-state index contributed by atoms with van der Waals surface area (Å²) in [5.41, 5.74) is 1.06. The summed E-state index contributed by atoms with van der Waals surface area (Å²) in [4.78, 5) is 0. The van der Waals surface area contributed by atoms with E-state index in [1.807, 2.05) is 0 Å². The molecule has 2 saturated carbocycles. The molecule has 0 aromatic heterocycles. The van der Waals surface area contributed by atoms with Crippen molar-refractivity contribution in [2.75, 3.05) is 0 Å². The lowest BCUT2D eigenvalue weighted by Gasteiger charge is -2.42. The number of benzene rings is 2. The Kier molecular flexibility index (Phi) is 8.02. The highest BCUT2D eigenvalue weighted by Crippen LogP contribution is 2.48. The SMILES string of the molecule is CCCCCCC[C@@H]1CC[C@@H]2CC(c3cc(F)c4cc(OC(F)F)ccc4c3)CCC2C1. The van der Waals surface area contributed by atoms with E-state index in [0.717, 1.165) is 41.5 Å². The number of hydrogen-bond donors (Lipinski definition) is 0. The molecule has 4 atom stereocenters. The summed E-state index contributed by atoms with van der Waals surface area (Å²) in [5.74, 6) is 2.59. The van der Waals surface area contributed by atoms with Crippen molar-refractivity contribution in [1.29, 1.82) is 0 Å². The van der Waals surface area contributed by atoms with Crippen molar-refractivity contribution >= 4 is 10.8 Å². The van der Waals surface area contributed by atoms with Crippen molar-refractivity contribution in [1.82, 2.24) is 0 Å². The van der Waals surface area contributed by atoms with Gasteiger partial charge in [0.2, 0.25) is 0 Å². The second-order valence-electron chi connectivity index (χ2n) is 10.2. The van der Waals surface area contributed by atoms with Crippen molar-refractivity contribution < 1.29 is 17.9 Å². The zero-order valence-electron chi connectivity index (χ0n) is 19.3. The van der Waals surface area contributed by atoms with Crippen LogP contribution >= 0.6 is 0 Å². The number of halogens is 3. The third-order valence-electron chi connectivity index (χ3n) is 8.03. The number of ether oxygens (including phenoxy) is 1. The maximum atomic E-state index is 14.9. The molecule has 0 bridgehead atoms. The van der Waals surface area contributed by atoms with Crippen LogP contribution in [0, 0.1) is 23.6 Å². The van der Waals surface area contributed by atoms with Gasteiger partial charge in [-0.3, -0.25) is 0 Å². The second-order valence-corrected chi connectivity index (χ2v) is 10.2. The first-order valence-electron chi connectivity index (χ1n) is 12.7. The average molecular weight is 447 g/mol. The molecule has 2 aromatic carbocycles. The molecule has 4 heteroatoms. The summed E-state index contributed by atoms with van der Waals surface area (Å²) < 4.78 is 44.2. The largest absolute Gasteiger partial charge is 0.435 e. The van der Waals surface area contributed by atoms with Crippen LogP contribution in [0.5, 0.6) is 5.75 Å². The van der Waals surface area contributed by atoms with E-state index in [1.54, 1.807) is 12.1 Å². The lowest BCUT2D eigenvalue weighted by molar-refractivity contribution is -0.0497. The Morgan fingerprint density at radius 1 is 0.906 bits per heavy atom. The maximum absolute atomic E-state index is 14.9. The van der Waals surface area contributed by atoms with Gasteiger partial charge in [-0.15, -0.1) is 0 Å². The molecule has 0 heterocycles. The minimum atomic E-state index is -2.90. The van der Waals surface area contributed by atoms with Gasteiger partial charge in [-0.05, 0) is 84.9 Å². The summed E-state index contributed by atoms with van der Waals surface area (Å²) in [7, 11) is 0. The fourth-order valence-electron chi connectivity index (χ4n) is 6.31. The fraction of sp³-hybridized carbons (Fsp3) is 0.643. The molecule has 4 rings (SSSR count). The van der Waals surface area contributed by atoms with Crippen LogP contribution in [-0.2, 0) is 0 Å². The molecule has 0 spiro atoms. The van der Waals surface area contributed by atoms with E-state index in [0.29, 0.717) is 11.3 Å². The first-order valence-corrected chi connectivity index (χ1v) is 12.7. The molecule has 0 saturated heterocycles. The van der Waals surface area contributed by atoms with Gasteiger partial charge in [-0.1, -0.05) is 64.0 Å². The first kappa shape index (κ1) is 23.4. The Hall–Kier alpha value is -1.71. The van der Waals surface area contributed by atoms with Gasteiger partial charge < -0.3 is 4.74 Å². The Balaban J connectivity index is 1.35. The van der Waals surface area contributed by atoms with Crippen LogP contribution in [0.3, 0.4) is 0 Å². The number of alkyl halides is 2. The number of rotatable bonds is 9. The monoisotopic (exact) mass is 446 g/mol. The van der Waals surface area contributed by atoms with Gasteiger partial charge in [-0.2, -0.15) is 8.78 Å². The zero-order valence-corrected chi connectivity index (χ0v) is 19.3. The van der Waals surface area contributed by atoms with Gasteiger partial charge in [0, 0.05) is 5.39 Å². The first-order chi connectivity index (χ1) is 15.5. The van der Waals surface area contributed by atoms with E-state index < -0.39 is 6.61 Å². The van der Waals surface area contributed by atoms with Crippen LogP contribution in [0.15, 0.2) is 30.3 Å². The lowest BCUT2D eigenvalue weighted by atomic mass is 9.63. The van der Waals surface area contributed by atoms with Crippen molar-refractivity contribution in [2.24, 2.45) is 17.8 Å². The van der Waals surface area contributed by atoms with Crippen molar-refractivity contribution in [3.63, 3.8) is 0 Å². The predicted octanol–water partition coefficient (Wildman–Crippen LogP) is 9.24. The maximum Gasteiger partial charge on any atom is 0.387 e. The molecular formula is C28H37F3O. The Morgan fingerprint density at radius 2 is 1.69 bits per heavy atom. The van der Waals surface area contributed by atoms with Crippen LogP contribution in [-0.4, -0.2) is 6.61 Å². The Labute approximate surface area is 190 Å². The van der Waals surface area contributed by atoms with Crippen molar-refractivity contribution in [3.05, 3.63) is 41.7 Å². The summed E-state index contributed by atoms with van der Waals surface area (Å²) in [6.45, 7) is -0.632. The van der Waals surface area contributed by atoms with Gasteiger partial charge in [0.1, 0.15) is 11.6 Å². The highest BCUT2D eigenvalue weighted by molar-refractivity contribution is 5.85. The summed E-state index contributed by atoms with van der Waals surface area (Å²) in [5, 5.41) is 1.11. The minimum absolute atomic E-state index is 0.00165. The molecule has 2 aliphatic rings. The van der Waals surface area contributed by atoms with E-state index in [9.17, 15) is 13.2 Å². The van der Waals surface area contributed by atoms with E-state index in [1.165, 1.54) is 76.3 Å². The molecule has 32 heavy (non-hydrogen) atoms. The molecule has 2 unspecified atom stereocenters. The van der Waals surface area contributed by atoms with Gasteiger partial charge >= 0.3 is 6.61 Å². The van der Waals surface area contributed by atoms with Gasteiger partial charge in [-0.25, -0.2) is 4.39 Å². The highest BCUT2D eigenvalue weighted by Gasteiger charge is 2.36. The normalized spacial score (nSPS) is 25.8. The number of hydrogen-bond acceptors (Lipinski definition) is 1. The molecule has 0 N–H and O–H groups in total. The van der Waals surface area contributed by atoms with E-state index >= 15 is 0 Å². The predicted molar refractivity (Wildman–Crippen MR) is 125 cm³/mol. The topological polar surface area (TPSA) is 9.23 Å². The molecule has 0 radical (unpaired) electrons. The lowest BCUT2D eigenvalue weighted by Crippen LogP contribution is -2.30. The van der Waals surface area contributed by atoms with Gasteiger partial charge in [0.05, 0.1) is 0 Å². The molecule has 0 amide bonds.